The molecule has 4 aliphatic rings. The standard InChI is InChI=1S/C17H18N2O3S/c20-16-19(15-2-1-14(21-15)12-5-8-23-9-12)11-17(22-16)10-18-6-3-13(17)4-7-18/h1-2,5,8-9,13H,3-4,6-7,10-11H2/t17-/m1/s1. The smallest absolute Gasteiger partial charge is 0.417 e. The van der Waals surface area contributed by atoms with Gasteiger partial charge in [-0.1, -0.05) is 0 Å². The molecule has 0 N–H and O–H groups in total. The highest BCUT2D eigenvalue weighted by Gasteiger charge is 2.56. The molecule has 0 aliphatic carbocycles. The Labute approximate surface area is 138 Å². The summed E-state index contributed by atoms with van der Waals surface area (Å²) >= 11 is 1.63. The van der Waals surface area contributed by atoms with Gasteiger partial charge < -0.3 is 9.15 Å². The zero-order valence-corrected chi connectivity index (χ0v) is 13.6. The Balaban J connectivity index is 1.43. The van der Waals surface area contributed by atoms with Gasteiger partial charge in [0.2, 0.25) is 5.88 Å². The Kier molecular flexibility index (Phi) is 2.87. The molecule has 6 rings (SSSR count). The fourth-order valence-electron chi connectivity index (χ4n) is 4.21. The number of carbonyl (C=O) groups excluding carboxylic acids is 1. The summed E-state index contributed by atoms with van der Waals surface area (Å²) < 4.78 is 11.8. The first kappa shape index (κ1) is 13.6. The topological polar surface area (TPSA) is 45.9 Å². The summed E-state index contributed by atoms with van der Waals surface area (Å²) in [5.74, 6) is 1.86. The van der Waals surface area contributed by atoms with E-state index in [1.165, 1.54) is 0 Å². The van der Waals surface area contributed by atoms with Crippen LogP contribution in [0.5, 0.6) is 0 Å². The zero-order chi connectivity index (χ0) is 15.4. The van der Waals surface area contributed by atoms with Crippen molar-refractivity contribution in [2.24, 2.45) is 5.92 Å². The lowest BCUT2D eigenvalue weighted by Gasteiger charge is -2.49. The number of nitrogens with zero attached hydrogens (tertiary/aromatic N) is 2. The van der Waals surface area contributed by atoms with E-state index in [2.05, 4.69) is 4.90 Å². The average Bonchev–Trinajstić information content (AvgIpc) is 3.28. The maximum absolute atomic E-state index is 12.4. The summed E-state index contributed by atoms with van der Waals surface area (Å²) in [5, 5.41) is 4.06. The first-order valence-electron chi connectivity index (χ1n) is 8.09. The molecule has 0 unspecified atom stereocenters. The fourth-order valence-corrected chi connectivity index (χ4v) is 4.86. The Morgan fingerprint density at radius 3 is 2.74 bits per heavy atom. The molecule has 4 fully saturated rings. The fraction of sp³-hybridized carbons (Fsp3) is 0.471. The van der Waals surface area contributed by atoms with Crippen LogP contribution in [0.15, 0.2) is 33.4 Å². The lowest BCUT2D eigenvalue weighted by Crippen LogP contribution is -2.61. The minimum atomic E-state index is -0.344. The summed E-state index contributed by atoms with van der Waals surface area (Å²) in [7, 11) is 0. The molecule has 120 valence electrons. The predicted molar refractivity (Wildman–Crippen MR) is 87.7 cm³/mol. The number of furan rings is 1. The minimum Gasteiger partial charge on any atom is -0.440 e. The van der Waals surface area contributed by atoms with E-state index in [9.17, 15) is 4.79 Å². The number of rotatable bonds is 2. The summed E-state index contributed by atoms with van der Waals surface area (Å²) in [6.45, 7) is 3.72. The number of piperidine rings is 3. The van der Waals surface area contributed by atoms with Crippen LogP contribution in [0.25, 0.3) is 11.3 Å². The van der Waals surface area contributed by atoms with Crippen molar-refractivity contribution in [3.8, 4) is 11.3 Å². The van der Waals surface area contributed by atoms with E-state index in [0.29, 0.717) is 18.3 Å². The van der Waals surface area contributed by atoms with Gasteiger partial charge in [-0.25, -0.2) is 9.69 Å². The lowest BCUT2D eigenvalue weighted by atomic mass is 9.75. The molecule has 4 aliphatic heterocycles. The van der Waals surface area contributed by atoms with Crippen LogP contribution in [-0.4, -0.2) is 42.8 Å². The Morgan fingerprint density at radius 1 is 1.17 bits per heavy atom. The van der Waals surface area contributed by atoms with E-state index in [4.69, 9.17) is 9.15 Å². The molecule has 23 heavy (non-hydrogen) atoms. The van der Waals surface area contributed by atoms with Crippen molar-refractivity contribution < 1.29 is 13.9 Å². The number of fused-ring (bicyclic) bond motifs is 2. The van der Waals surface area contributed by atoms with E-state index >= 15 is 0 Å². The van der Waals surface area contributed by atoms with Crippen molar-refractivity contribution in [2.45, 2.75) is 18.4 Å². The third-order valence-corrected chi connectivity index (χ3v) is 6.11. The number of carbonyl (C=O) groups is 1. The van der Waals surface area contributed by atoms with Crippen LogP contribution in [0.3, 0.4) is 0 Å². The highest BCUT2D eigenvalue weighted by atomic mass is 32.1. The molecule has 1 atom stereocenters. The predicted octanol–water partition coefficient (Wildman–Crippen LogP) is 3.43. The lowest BCUT2D eigenvalue weighted by molar-refractivity contribution is -0.0881. The first-order chi connectivity index (χ1) is 11.2. The van der Waals surface area contributed by atoms with Crippen molar-refractivity contribution in [1.29, 1.82) is 0 Å². The van der Waals surface area contributed by atoms with Crippen molar-refractivity contribution >= 4 is 23.3 Å². The van der Waals surface area contributed by atoms with E-state index in [-0.39, 0.29) is 11.7 Å². The molecule has 1 spiro atoms. The highest BCUT2D eigenvalue weighted by molar-refractivity contribution is 7.08. The number of anilines is 1. The van der Waals surface area contributed by atoms with Crippen LogP contribution >= 0.6 is 11.3 Å². The number of hydrogen-bond acceptors (Lipinski definition) is 5. The van der Waals surface area contributed by atoms with Gasteiger partial charge in [0.15, 0.2) is 0 Å². The quantitative estimate of drug-likeness (QED) is 0.846. The molecule has 0 radical (unpaired) electrons. The second-order valence-corrected chi connectivity index (χ2v) is 7.50. The van der Waals surface area contributed by atoms with Crippen LogP contribution in [0.4, 0.5) is 10.7 Å². The molecular formula is C17H18N2O3S. The van der Waals surface area contributed by atoms with Gasteiger partial charge >= 0.3 is 6.09 Å². The second-order valence-electron chi connectivity index (χ2n) is 6.72. The second kappa shape index (κ2) is 4.85. The van der Waals surface area contributed by atoms with Crippen LogP contribution in [0.1, 0.15) is 12.8 Å². The van der Waals surface area contributed by atoms with Crippen molar-refractivity contribution in [1.82, 2.24) is 4.90 Å². The molecule has 2 aromatic rings. The molecule has 2 bridgehead atoms. The van der Waals surface area contributed by atoms with E-state index < -0.39 is 0 Å². The molecule has 5 nitrogen and oxygen atoms in total. The molecule has 6 heteroatoms. The zero-order valence-electron chi connectivity index (χ0n) is 12.7. The third kappa shape index (κ3) is 2.05. The molecule has 6 heterocycles. The Hall–Kier alpha value is -1.79. The molecule has 4 saturated heterocycles. The van der Waals surface area contributed by atoms with Crippen LogP contribution in [0.2, 0.25) is 0 Å². The van der Waals surface area contributed by atoms with Gasteiger partial charge in [-0.3, -0.25) is 4.90 Å². The van der Waals surface area contributed by atoms with Crippen LogP contribution in [-0.2, 0) is 4.74 Å². The van der Waals surface area contributed by atoms with Gasteiger partial charge in [-0.15, -0.1) is 0 Å². The van der Waals surface area contributed by atoms with Crippen molar-refractivity contribution in [2.75, 3.05) is 31.1 Å². The minimum absolute atomic E-state index is 0.273. The maximum atomic E-state index is 12.4. The molecule has 0 saturated carbocycles. The molecule has 1 amide bonds. The summed E-state index contributed by atoms with van der Waals surface area (Å²) in [6, 6.07) is 5.81. The van der Waals surface area contributed by atoms with Gasteiger partial charge in [-0.2, -0.15) is 11.3 Å². The molecule has 0 aromatic carbocycles. The van der Waals surface area contributed by atoms with Gasteiger partial charge in [0.05, 0.1) is 6.54 Å². The number of thiophene rings is 1. The summed E-state index contributed by atoms with van der Waals surface area (Å²) in [6.07, 6.45) is 1.98. The van der Waals surface area contributed by atoms with E-state index in [1.807, 2.05) is 29.0 Å². The van der Waals surface area contributed by atoms with Crippen molar-refractivity contribution in [3.63, 3.8) is 0 Å². The number of ether oxygens (including phenoxy) is 1. The largest absolute Gasteiger partial charge is 0.440 e. The van der Waals surface area contributed by atoms with Crippen molar-refractivity contribution in [3.05, 3.63) is 29.0 Å². The normalized spacial score (nSPS) is 32.7. The summed E-state index contributed by atoms with van der Waals surface area (Å²) in [5.41, 5.74) is 0.703. The molecular weight excluding hydrogens is 312 g/mol. The highest BCUT2D eigenvalue weighted by Crippen LogP contribution is 2.43. The van der Waals surface area contributed by atoms with Gasteiger partial charge in [0, 0.05) is 29.5 Å². The average molecular weight is 330 g/mol. The van der Waals surface area contributed by atoms with E-state index in [0.717, 1.165) is 43.8 Å². The first-order valence-corrected chi connectivity index (χ1v) is 9.03. The monoisotopic (exact) mass is 330 g/mol. The SMILES string of the molecule is O=C1O[C@]2(CN3CCC2CC3)CN1c1ccc(-c2ccsc2)o1. The maximum Gasteiger partial charge on any atom is 0.417 e. The Bertz CT molecular complexity index is 733. The van der Waals surface area contributed by atoms with Crippen LogP contribution < -0.4 is 4.90 Å². The number of amides is 1. The van der Waals surface area contributed by atoms with Gasteiger partial charge in [0.25, 0.3) is 0 Å². The van der Waals surface area contributed by atoms with Crippen LogP contribution in [0, 0.1) is 5.92 Å². The van der Waals surface area contributed by atoms with Gasteiger partial charge in [0.1, 0.15) is 11.4 Å². The number of hydrogen-bond donors (Lipinski definition) is 0. The molecule has 2 aromatic heterocycles. The Morgan fingerprint density at radius 2 is 2.04 bits per heavy atom. The summed E-state index contributed by atoms with van der Waals surface area (Å²) in [4.78, 5) is 16.5. The van der Waals surface area contributed by atoms with Gasteiger partial charge in [-0.05, 0) is 43.4 Å². The van der Waals surface area contributed by atoms with E-state index in [1.54, 1.807) is 16.2 Å². The third-order valence-electron chi connectivity index (χ3n) is 5.42.